The molecule has 1 amide bonds. The maximum absolute atomic E-state index is 11.4. The van der Waals surface area contributed by atoms with E-state index in [4.69, 9.17) is 0 Å². The lowest BCUT2D eigenvalue weighted by atomic mass is 9.95. The molecular formula is C14H19NO3. The highest BCUT2D eigenvalue weighted by atomic mass is 16.5. The zero-order valence-electron chi connectivity index (χ0n) is 11.0. The second kappa shape index (κ2) is 6.19. The lowest BCUT2D eigenvalue weighted by Crippen LogP contribution is -2.47. The third kappa shape index (κ3) is 4.57. The van der Waals surface area contributed by atoms with Crippen LogP contribution in [0.3, 0.4) is 0 Å². The number of hydrogen-bond acceptors (Lipinski definition) is 3. The van der Waals surface area contributed by atoms with Crippen LogP contribution in [0.4, 0.5) is 0 Å². The zero-order chi connectivity index (χ0) is 13.6. The van der Waals surface area contributed by atoms with Gasteiger partial charge in [-0.3, -0.25) is 4.79 Å². The Bertz CT molecular complexity index is 412. The Balaban J connectivity index is 2.49. The van der Waals surface area contributed by atoms with Crippen LogP contribution in [0.25, 0.3) is 0 Å². The van der Waals surface area contributed by atoms with Crippen LogP contribution < -0.4 is 5.32 Å². The third-order valence-electron chi connectivity index (χ3n) is 2.70. The van der Waals surface area contributed by atoms with Crippen LogP contribution in [0.1, 0.15) is 25.8 Å². The fraction of sp³-hybridized carbons (Fsp3) is 0.429. The van der Waals surface area contributed by atoms with E-state index in [1.54, 1.807) is 0 Å². The lowest BCUT2D eigenvalue weighted by molar-refractivity contribution is -0.153. The zero-order valence-corrected chi connectivity index (χ0v) is 11.0. The Morgan fingerprint density at radius 1 is 1.22 bits per heavy atom. The van der Waals surface area contributed by atoms with Crippen molar-refractivity contribution in [2.45, 2.75) is 32.2 Å². The number of carbonyl (C=O) groups is 2. The minimum Gasteiger partial charge on any atom is -0.462 e. The highest BCUT2D eigenvalue weighted by Crippen LogP contribution is 2.13. The molecule has 4 nitrogen and oxygen atoms in total. The molecule has 0 saturated heterocycles. The van der Waals surface area contributed by atoms with Gasteiger partial charge in [-0.25, -0.2) is 4.79 Å². The second-order valence-electron chi connectivity index (χ2n) is 4.82. The summed E-state index contributed by atoms with van der Waals surface area (Å²) in [6.07, 6.45) is 1.59. The monoisotopic (exact) mass is 249 g/mol. The first kappa shape index (κ1) is 14.2. The van der Waals surface area contributed by atoms with Crippen LogP contribution in [-0.2, 0) is 20.7 Å². The van der Waals surface area contributed by atoms with Crippen molar-refractivity contribution in [3.05, 3.63) is 35.9 Å². The quantitative estimate of drug-likeness (QED) is 0.652. The van der Waals surface area contributed by atoms with E-state index < -0.39 is 17.4 Å². The number of benzene rings is 1. The molecule has 0 aliphatic rings. The summed E-state index contributed by atoms with van der Waals surface area (Å²) in [5.41, 5.74) is 0.763. The van der Waals surface area contributed by atoms with Gasteiger partial charge in [-0.15, -0.1) is 0 Å². The molecule has 1 rings (SSSR count). The minimum atomic E-state index is -0.859. The van der Waals surface area contributed by atoms with E-state index in [1.807, 2.05) is 44.2 Å². The smallest absolute Gasteiger partial charge is 0.396 e. The van der Waals surface area contributed by atoms with Crippen LogP contribution in [0.5, 0.6) is 0 Å². The number of carbonyl (C=O) groups excluding carboxylic acids is 2. The average Bonchev–Trinajstić information content (AvgIpc) is 2.36. The number of aryl methyl sites for hydroxylation is 1. The molecule has 0 spiro atoms. The highest BCUT2D eigenvalue weighted by Gasteiger charge is 2.24. The van der Waals surface area contributed by atoms with Crippen molar-refractivity contribution < 1.29 is 14.3 Å². The first-order valence-electron chi connectivity index (χ1n) is 5.89. The van der Waals surface area contributed by atoms with E-state index in [2.05, 4.69) is 10.1 Å². The normalized spacial score (nSPS) is 10.8. The van der Waals surface area contributed by atoms with Crippen LogP contribution in [-0.4, -0.2) is 24.5 Å². The minimum absolute atomic E-state index is 0.443. The summed E-state index contributed by atoms with van der Waals surface area (Å²) in [5.74, 6) is -1.56. The molecule has 98 valence electrons. The Labute approximate surface area is 107 Å². The molecule has 0 aliphatic heterocycles. The molecule has 0 aliphatic carbocycles. The summed E-state index contributed by atoms with van der Waals surface area (Å²) < 4.78 is 4.37. The van der Waals surface area contributed by atoms with Gasteiger partial charge in [-0.05, 0) is 32.3 Å². The van der Waals surface area contributed by atoms with E-state index in [9.17, 15) is 9.59 Å². The molecule has 0 unspecified atom stereocenters. The molecule has 0 aromatic heterocycles. The van der Waals surface area contributed by atoms with Crippen molar-refractivity contribution in [3.63, 3.8) is 0 Å². The number of methoxy groups -OCH3 is 1. The third-order valence-corrected chi connectivity index (χ3v) is 2.70. The SMILES string of the molecule is COC(=O)C(=O)NC(C)(C)CCc1ccccc1. The molecule has 0 fully saturated rings. The first-order chi connectivity index (χ1) is 8.44. The van der Waals surface area contributed by atoms with Gasteiger partial charge in [0.2, 0.25) is 0 Å². The Kier molecular flexibility index (Phi) is 4.89. The fourth-order valence-electron chi connectivity index (χ4n) is 1.62. The lowest BCUT2D eigenvalue weighted by Gasteiger charge is -2.25. The van der Waals surface area contributed by atoms with Crippen molar-refractivity contribution in [3.8, 4) is 0 Å². The predicted molar refractivity (Wildman–Crippen MR) is 69.0 cm³/mol. The van der Waals surface area contributed by atoms with Crippen molar-refractivity contribution in [2.24, 2.45) is 0 Å². The summed E-state index contributed by atoms with van der Waals surface area (Å²) in [4.78, 5) is 22.4. The molecule has 1 N–H and O–H groups in total. The predicted octanol–water partition coefficient (Wildman–Crippen LogP) is 1.69. The molecule has 1 aromatic carbocycles. The maximum Gasteiger partial charge on any atom is 0.396 e. The van der Waals surface area contributed by atoms with E-state index in [1.165, 1.54) is 12.7 Å². The molecular weight excluding hydrogens is 230 g/mol. The summed E-state index contributed by atoms with van der Waals surface area (Å²) in [5, 5.41) is 2.66. The number of hydrogen-bond donors (Lipinski definition) is 1. The maximum atomic E-state index is 11.4. The molecule has 0 heterocycles. The largest absolute Gasteiger partial charge is 0.462 e. The number of ether oxygens (including phenoxy) is 1. The van der Waals surface area contributed by atoms with Crippen molar-refractivity contribution in [2.75, 3.05) is 7.11 Å². The topological polar surface area (TPSA) is 55.4 Å². The van der Waals surface area contributed by atoms with E-state index in [0.29, 0.717) is 0 Å². The average molecular weight is 249 g/mol. The van der Waals surface area contributed by atoms with Crippen LogP contribution in [0.15, 0.2) is 30.3 Å². The van der Waals surface area contributed by atoms with Crippen molar-refractivity contribution in [1.82, 2.24) is 5.32 Å². The molecule has 18 heavy (non-hydrogen) atoms. The van der Waals surface area contributed by atoms with E-state index in [0.717, 1.165) is 12.8 Å². The van der Waals surface area contributed by atoms with Gasteiger partial charge in [0.1, 0.15) is 0 Å². The number of nitrogens with one attached hydrogen (secondary N) is 1. The van der Waals surface area contributed by atoms with Crippen molar-refractivity contribution in [1.29, 1.82) is 0 Å². The summed E-state index contributed by atoms with van der Waals surface area (Å²) in [7, 11) is 1.19. The summed E-state index contributed by atoms with van der Waals surface area (Å²) in [6.45, 7) is 3.77. The Hall–Kier alpha value is -1.84. The molecule has 0 bridgehead atoms. The van der Waals surface area contributed by atoms with Crippen LogP contribution in [0, 0.1) is 0 Å². The Morgan fingerprint density at radius 3 is 2.39 bits per heavy atom. The second-order valence-corrected chi connectivity index (χ2v) is 4.82. The van der Waals surface area contributed by atoms with Crippen LogP contribution in [0.2, 0.25) is 0 Å². The van der Waals surface area contributed by atoms with Crippen LogP contribution >= 0.6 is 0 Å². The van der Waals surface area contributed by atoms with Gasteiger partial charge < -0.3 is 10.1 Å². The van der Waals surface area contributed by atoms with E-state index in [-0.39, 0.29) is 0 Å². The van der Waals surface area contributed by atoms with Gasteiger partial charge in [-0.2, -0.15) is 0 Å². The van der Waals surface area contributed by atoms with Crippen molar-refractivity contribution >= 4 is 11.9 Å². The van der Waals surface area contributed by atoms with Gasteiger partial charge in [0.15, 0.2) is 0 Å². The van der Waals surface area contributed by atoms with Gasteiger partial charge in [0, 0.05) is 5.54 Å². The van der Waals surface area contributed by atoms with Gasteiger partial charge in [0.25, 0.3) is 0 Å². The number of esters is 1. The van der Waals surface area contributed by atoms with Gasteiger partial charge in [-0.1, -0.05) is 30.3 Å². The molecule has 0 radical (unpaired) electrons. The van der Waals surface area contributed by atoms with Gasteiger partial charge in [0.05, 0.1) is 7.11 Å². The molecule has 0 saturated carbocycles. The fourth-order valence-corrected chi connectivity index (χ4v) is 1.62. The molecule has 4 heteroatoms. The summed E-state index contributed by atoms with van der Waals surface area (Å²) >= 11 is 0. The van der Waals surface area contributed by atoms with E-state index >= 15 is 0 Å². The molecule has 1 aromatic rings. The number of amides is 1. The number of rotatable bonds is 4. The first-order valence-corrected chi connectivity index (χ1v) is 5.89. The highest BCUT2D eigenvalue weighted by molar-refractivity contribution is 6.32. The molecule has 0 atom stereocenters. The van der Waals surface area contributed by atoms with Gasteiger partial charge >= 0.3 is 11.9 Å². The summed E-state index contributed by atoms with van der Waals surface area (Å²) in [6, 6.07) is 10.0. The standard InChI is InChI=1S/C14H19NO3/c1-14(2,15-12(16)13(17)18-3)10-9-11-7-5-4-6-8-11/h4-8H,9-10H2,1-3H3,(H,15,16). The Morgan fingerprint density at radius 2 is 1.83 bits per heavy atom.